The molecule has 4 unspecified atom stereocenters. The van der Waals surface area contributed by atoms with Gasteiger partial charge >= 0.3 is 23.9 Å². The fourth-order valence-electron chi connectivity index (χ4n) is 11.3. The van der Waals surface area contributed by atoms with Gasteiger partial charge in [0, 0.05) is 61.2 Å². The molecule has 0 aromatic heterocycles. The Morgan fingerprint density at radius 1 is 0.385 bits per heavy atom. The second-order valence-corrected chi connectivity index (χ2v) is 17.6. The summed E-state index contributed by atoms with van der Waals surface area (Å²) in [7, 11) is 8.68. The van der Waals surface area contributed by atoms with Crippen LogP contribution in [0.4, 0.5) is 0 Å². The van der Waals surface area contributed by atoms with E-state index in [0.29, 0.717) is 67.6 Å². The maximum atomic E-state index is 12.1. The fraction of sp³-hybridized carbons (Fsp3) is 0.900. The predicted molar refractivity (Wildman–Crippen MR) is 193 cm³/mol. The number of esters is 4. The number of rotatable bonds is 10. The lowest BCUT2D eigenvalue weighted by Crippen LogP contribution is -2.44. The van der Waals surface area contributed by atoms with Crippen LogP contribution in [0.15, 0.2) is 0 Å². The summed E-state index contributed by atoms with van der Waals surface area (Å²) in [6.07, 6.45) is 18.0. The van der Waals surface area contributed by atoms with Crippen LogP contribution in [0.25, 0.3) is 0 Å². The molecule has 0 N–H and O–H groups in total. The first-order chi connectivity index (χ1) is 25.0. The zero-order chi connectivity index (χ0) is 36.5. The van der Waals surface area contributed by atoms with Crippen molar-refractivity contribution >= 4 is 23.9 Å². The average molecular weight is 729 g/mol. The van der Waals surface area contributed by atoms with E-state index >= 15 is 0 Å². The van der Waals surface area contributed by atoms with Crippen molar-refractivity contribution in [3.63, 3.8) is 0 Å². The van der Waals surface area contributed by atoms with Gasteiger partial charge in [-0.15, -0.1) is 0 Å². The van der Waals surface area contributed by atoms with Crippen LogP contribution in [0.1, 0.15) is 128 Å². The van der Waals surface area contributed by atoms with Gasteiger partial charge < -0.3 is 38.5 Å². The molecule has 0 aliphatic carbocycles. The molecule has 8 saturated heterocycles. The minimum atomic E-state index is -0.421. The van der Waals surface area contributed by atoms with E-state index in [-0.39, 0.29) is 42.8 Å². The van der Waals surface area contributed by atoms with Crippen LogP contribution >= 0.6 is 0 Å². The summed E-state index contributed by atoms with van der Waals surface area (Å²) in [4.78, 5) is 58.2. The minimum Gasteiger partial charge on any atom is -0.462 e. The number of ether oxygens (including phenoxy) is 4. The monoisotopic (exact) mass is 728 g/mol. The molecule has 0 spiro atoms. The standard InChI is InChI=1S/C21H34N2O4.C19H30N2O4/c1-22-14-6-7-15(22)11-18(10-14)26-20(24)4-3-5-21(25)27-19-12-16-8-9-17(13-19)23(16)2;1-20-12-3-4-13(20)8-16(7-12)24-18(22)11-19(23)25-17-9-14-5-6-15(10-17)21(14)2/h14-19H,3-13H2,1-2H3;12-17H,3-11H2,1-2H3/t14-,15+,16-,17+,18?,19?;12-,13+,14-,15+,16?,17?. The van der Waals surface area contributed by atoms with Gasteiger partial charge in [-0.05, 0) is 137 Å². The van der Waals surface area contributed by atoms with E-state index in [2.05, 4.69) is 47.8 Å². The first-order valence-corrected chi connectivity index (χ1v) is 20.6. The van der Waals surface area contributed by atoms with E-state index in [4.69, 9.17) is 18.9 Å². The van der Waals surface area contributed by atoms with Gasteiger partial charge in [0.25, 0.3) is 0 Å². The molecular weight excluding hydrogens is 664 g/mol. The van der Waals surface area contributed by atoms with Gasteiger partial charge in [-0.1, -0.05) is 0 Å². The van der Waals surface area contributed by atoms with Gasteiger partial charge in [0.2, 0.25) is 0 Å². The van der Waals surface area contributed by atoms with Crippen LogP contribution in [0.3, 0.4) is 0 Å². The minimum absolute atomic E-state index is 0.0341. The third-order valence-corrected chi connectivity index (χ3v) is 14.5. The van der Waals surface area contributed by atoms with Crippen LogP contribution in [0.2, 0.25) is 0 Å². The second kappa shape index (κ2) is 16.6. The molecule has 0 saturated carbocycles. The van der Waals surface area contributed by atoms with Crippen molar-refractivity contribution in [2.45, 2.75) is 201 Å². The molecule has 292 valence electrons. The van der Waals surface area contributed by atoms with E-state index in [9.17, 15) is 19.2 Å². The summed E-state index contributed by atoms with van der Waals surface area (Å²) in [5.74, 6) is -1.16. The predicted octanol–water partition coefficient (Wildman–Crippen LogP) is 4.21. The molecule has 8 aliphatic heterocycles. The Balaban J connectivity index is 0.000000162. The maximum Gasteiger partial charge on any atom is 0.317 e. The number of carbonyl (C=O) groups excluding carboxylic acids is 4. The molecular formula is C40H64N4O8. The van der Waals surface area contributed by atoms with Crippen LogP contribution in [-0.2, 0) is 38.1 Å². The van der Waals surface area contributed by atoms with Crippen molar-refractivity contribution in [3.8, 4) is 0 Å². The van der Waals surface area contributed by atoms with Crippen molar-refractivity contribution in [3.05, 3.63) is 0 Å². The topological polar surface area (TPSA) is 118 Å². The van der Waals surface area contributed by atoms with Gasteiger partial charge in [-0.25, -0.2) is 0 Å². The van der Waals surface area contributed by atoms with Crippen molar-refractivity contribution in [1.29, 1.82) is 0 Å². The van der Waals surface area contributed by atoms with E-state index in [1.165, 1.54) is 51.4 Å². The summed E-state index contributed by atoms with van der Waals surface area (Å²) in [5.41, 5.74) is 0. The maximum absolute atomic E-state index is 12.1. The SMILES string of the molecule is CN1[C@@H]2CC[C@H]1CC(OC(=O)CC(=O)OC1C[C@H]3CC[C@@H](C1)N3C)C2.CN1[C@@H]2CC[C@H]1CC(OC(=O)CCCC(=O)OC1C[C@H]3CC[C@@H](C1)N3C)C2. The molecule has 0 aromatic carbocycles. The normalized spacial score (nSPS) is 39.8. The van der Waals surface area contributed by atoms with Crippen molar-refractivity contribution < 1.29 is 38.1 Å². The van der Waals surface area contributed by atoms with E-state index < -0.39 is 11.9 Å². The zero-order valence-electron chi connectivity index (χ0n) is 32.1. The zero-order valence-corrected chi connectivity index (χ0v) is 32.1. The van der Waals surface area contributed by atoms with Gasteiger partial charge in [0.1, 0.15) is 30.8 Å². The summed E-state index contributed by atoms with van der Waals surface area (Å²) in [5, 5.41) is 0. The van der Waals surface area contributed by atoms with Gasteiger partial charge in [-0.3, -0.25) is 19.2 Å². The summed E-state index contributed by atoms with van der Waals surface area (Å²) < 4.78 is 22.5. The van der Waals surface area contributed by atoms with E-state index in [1.807, 2.05) is 0 Å². The lowest BCUT2D eigenvalue weighted by Gasteiger charge is -2.36. The van der Waals surface area contributed by atoms with Crippen LogP contribution in [-0.4, -0.2) is 144 Å². The van der Waals surface area contributed by atoms with Gasteiger partial charge in [0.05, 0.1) is 0 Å². The number of hydrogen-bond acceptors (Lipinski definition) is 12. The molecule has 0 aromatic rings. The Morgan fingerprint density at radius 3 is 0.827 bits per heavy atom. The third kappa shape index (κ3) is 8.98. The molecule has 8 fully saturated rings. The lowest BCUT2D eigenvalue weighted by molar-refractivity contribution is -0.164. The molecule has 12 atom stereocenters. The molecule has 52 heavy (non-hydrogen) atoms. The number of piperidine rings is 4. The first kappa shape index (κ1) is 38.0. The third-order valence-electron chi connectivity index (χ3n) is 14.5. The number of nitrogens with zero attached hydrogens (tertiary/aromatic N) is 4. The quantitative estimate of drug-likeness (QED) is 0.182. The van der Waals surface area contributed by atoms with E-state index in [0.717, 1.165) is 51.4 Å². The molecule has 8 bridgehead atoms. The van der Waals surface area contributed by atoms with E-state index in [1.54, 1.807) is 0 Å². The Morgan fingerprint density at radius 2 is 0.596 bits per heavy atom. The smallest absolute Gasteiger partial charge is 0.317 e. The Hall–Kier alpha value is -2.28. The molecule has 12 heteroatoms. The van der Waals surface area contributed by atoms with Crippen LogP contribution < -0.4 is 0 Å². The van der Waals surface area contributed by atoms with Crippen LogP contribution in [0, 0.1) is 0 Å². The Bertz CT molecular complexity index is 1150. The van der Waals surface area contributed by atoms with Crippen LogP contribution in [0.5, 0.6) is 0 Å². The van der Waals surface area contributed by atoms with Gasteiger partial charge in [-0.2, -0.15) is 0 Å². The lowest BCUT2D eigenvalue weighted by atomic mass is 10.0. The molecule has 8 rings (SSSR count). The second-order valence-electron chi connectivity index (χ2n) is 17.6. The van der Waals surface area contributed by atoms with Crippen molar-refractivity contribution in [2.24, 2.45) is 0 Å². The Labute approximate surface area is 310 Å². The molecule has 8 heterocycles. The summed E-state index contributed by atoms with van der Waals surface area (Å²) >= 11 is 0. The number of fused-ring (bicyclic) bond motifs is 8. The van der Waals surface area contributed by atoms with Crippen molar-refractivity contribution in [2.75, 3.05) is 28.2 Å². The average Bonchev–Trinajstić information content (AvgIpc) is 3.57. The highest BCUT2D eigenvalue weighted by atomic mass is 16.6. The first-order valence-electron chi connectivity index (χ1n) is 20.6. The summed E-state index contributed by atoms with van der Waals surface area (Å²) in [6, 6.07) is 4.39. The highest BCUT2D eigenvalue weighted by Crippen LogP contribution is 2.38. The van der Waals surface area contributed by atoms with Crippen molar-refractivity contribution in [1.82, 2.24) is 19.6 Å². The molecule has 0 amide bonds. The number of carbonyl (C=O) groups is 4. The van der Waals surface area contributed by atoms with Gasteiger partial charge in [0.15, 0.2) is 0 Å². The fourth-order valence-corrected chi connectivity index (χ4v) is 11.3. The number of hydrogen-bond donors (Lipinski definition) is 0. The largest absolute Gasteiger partial charge is 0.462 e. The molecule has 8 aliphatic rings. The Kier molecular flexibility index (Phi) is 12.1. The molecule has 0 radical (unpaired) electrons. The molecule has 12 nitrogen and oxygen atoms in total. The highest BCUT2D eigenvalue weighted by Gasteiger charge is 2.43. The highest BCUT2D eigenvalue weighted by molar-refractivity contribution is 5.91. The summed E-state index contributed by atoms with van der Waals surface area (Å²) in [6.45, 7) is 0.